The van der Waals surface area contributed by atoms with Gasteiger partial charge in [0.2, 0.25) is 0 Å². The van der Waals surface area contributed by atoms with Crippen molar-refractivity contribution < 1.29 is 14.3 Å². The number of halogens is 1. The number of hydrogen-bond acceptors (Lipinski definition) is 5. The van der Waals surface area contributed by atoms with Gasteiger partial charge in [0.15, 0.2) is 0 Å². The van der Waals surface area contributed by atoms with Crippen LogP contribution < -0.4 is 10.2 Å². The van der Waals surface area contributed by atoms with Crippen molar-refractivity contribution in [3.05, 3.63) is 94.2 Å². The molecule has 1 heterocycles. The average Bonchev–Trinajstić information content (AvgIpc) is 2.70. The number of benzene rings is 2. The van der Waals surface area contributed by atoms with Crippen molar-refractivity contribution in [3.8, 4) is 5.75 Å². The molecule has 0 bridgehead atoms. The molecule has 3 aromatic rings. The lowest BCUT2D eigenvalue weighted by atomic mass is 10.2. The molecule has 1 amide bonds. The second-order valence-corrected chi connectivity index (χ2v) is 6.32. The summed E-state index contributed by atoms with van der Waals surface area (Å²) in [5, 5.41) is 3.91. The molecular formula is C20H14BrN3O3. The van der Waals surface area contributed by atoms with Crippen LogP contribution in [0.15, 0.2) is 82.6 Å². The van der Waals surface area contributed by atoms with E-state index < -0.39 is 5.97 Å². The molecule has 7 heteroatoms. The third-order valence-electron chi connectivity index (χ3n) is 3.47. The Kier molecular flexibility index (Phi) is 6.06. The highest BCUT2D eigenvalue weighted by Gasteiger charge is 2.08. The van der Waals surface area contributed by atoms with Crippen molar-refractivity contribution in [3.63, 3.8) is 0 Å². The van der Waals surface area contributed by atoms with E-state index in [1.54, 1.807) is 54.6 Å². The van der Waals surface area contributed by atoms with Crippen LogP contribution in [0.2, 0.25) is 0 Å². The van der Waals surface area contributed by atoms with E-state index in [0.717, 1.165) is 10.0 Å². The van der Waals surface area contributed by atoms with Crippen molar-refractivity contribution in [2.24, 2.45) is 5.10 Å². The van der Waals surface area contributed by atoms with Crippen LogP contribution in [0.3, 0.4) is 0 Å². The van der Waals surface area contributed by atoms with Crippen molar-refractivity contribution >= 4 is 34.0 Å². The van der Waals surface area contributed by atoms with Gasteiger partial charge in [0.25, 0.3) is 5.91 Å². The number of nitrogens with zero attached hydrogens (tertiary/aromatic N) is 2. The number of nitrogens with one attached hydrogen (secondary N) is 1. The Balaban J connectivity index is 1.57. The molecule has 0 fully saturated rings. The average molecular weight is 424 g/mol. The number of hydrogen-bond donors (Lipinski definition) is 1. The van der Waals surface area contributed by atoms with Crippen molar-refractivity contribution in [2.75, 3.05) is 0 Å². The van der Waals surface area contributed by atoms with Gasteiger partial charge in [-0.25, -0.2) is 10.2 Å². The number of pyridine rings is 1. The minimum Gasteiger partial charge on any atom is -0.423 e. The quantitative estimate of drug-likeness (QED) is 0.292. The van der Waals surface area contributed by atoms with Crippen molar-refractivity contribution in [1.29, 1.82) is 0 Å². The smallest absolute Gasteiger partial charge is 0.343 e. The van der Waals surface area contributed by atoms with Gasteiger partial charge in [-0.05, 0) is 60.2 Å². The zero-order valence-electron chi connectivity index (χ0n) is 14.0. The van der Waals surface area contributed by atoms with E-state index in [1.807, 2.05) is 6.07 Å². The zero-order valence-corrected chi connectivity index (χ0v) is 15.6. The first-order chi connectivity index (χ1) is 13.1. The van der Waals surface area contributed by atoms with Gasteiger partial charge >= 0.3 is 5.97 Å². The highest BCUT2D eigenvalue weighted by atomic mass is 79.9. The van der Waals surface area contributed by atoms with Crippen LogP contribution in [-0.4, -0.2) is 23.1 Å². The number of carbonyl (C=O) groups is 2. The number of esters is 1. The Labute approximate surface area is 164 Å². The highest BCUT2D eigenvalue weighted by molar-refractivity contribution is 9.10. The molecule has 3 rings (SSSR count). The van der Waals surface area contributed by atoms with Gasteiger partial charge in [0.1, 0.15) is 5.75 Å². The van der Waals surface area contributed by atoms with E-state index in [0.29, 0.717) is 16.9 Å². The molecule has 0 radical (unpaired) electrons. The van der Waals surface area contributed by atoms with E-state index in [2.05, 4.69) is 31.4 Å². The number of amides is 1. The lowest BCUT2D eigenvalue weighted by Crippen LogP contribution is -2.17. The summed E-state index contributed by atoms with van der Waals surface area (Å²) < 4.78 is 6.13. The van der Waals surface area contributed by atoms with Crippen molar-refractivity contribution in [1.82, 2.24) is 10.4 Å². The van der Waals surface area contributed by atoms with Crippen LogP contribution in [0.25, 0.3) is 0 Å². The van der Waals surface area contributed by atoms with Gasteiger partial charge < -0.3 is 4.74 Å². The third kappa shape index (κ3) is 5.32. The molecular weight excluding hydrogens is 410 g/mol. The molecule has 0 aliphatic heterocycles. The molecule has 1 N–H and O–H groups in total. The molecule has 0 unspecified atom stereocenters. The van der Waals surface area contributed by atoms with Gasteiger partial charge in [0.05, 0.1) is 11.8 Å². The fourth-order valence-corrected chi connectivity index (χ4v) is 2.54. The number of hydrazone groups is 1. The number of rotatable bonds is 5. The molecule has 2 aromatic carbocycles. The minimum atomic E-state index is -0.442. The van der Waals surface area contributed by atoms with Crippen LogP contribution in [0, 0.1) is 0 Å². The van der Waals surface area contributed by atoms with E-state index in [9.17, 15) is 9.59 Å². The molecule has 0 spiro atoms. The van der Waals surface area contributed by atoms with Crippen LogP contribution in [0.1, 0.15) is 26.3 Å². The maximum atomic E-state index is 12.1. The third-order valence-corrected chi connectivity index (χ3v) is 3.97. The Morgan fingerprint density at radius 2 is 1.74 bits per heavy atom. The Bertz CT molecular complexity index is 973. The monoisotopic (exact) mass is 423 g/mol. The molecule has 27 heavy (non-hydrogen) atoms. The van der Waals surface area contributed by atoms with Crippen LogP contribution in [-0.2, 0) is 0 Å². The molecule has 0 aliphatic carbocycles. The second-order valence-electron chi connectivity index (χ2n) is 5.40. The first-order valence-electron chi connectivity index (χ1n) is 7.93. The maximum absolute atomic E-state index is 12.1. The van der Waals surface area contributed by atoms with E-state index in [-0.39, 0.29) is 5.91 Å². The predicted molar refractivity (Wildman–Crippen MR) is 105 cm³/mol. The van der Waals surface area contributed by atoms with Gasteiger partial charge in [-0.3, -0.25) is 9.78 Å². The molecule has 0 saturated heterocycles. The first kappa shape index (κ1) is 18.5. The van der Waals surface area contributed by atoms with Crippen LogP contribution >= 0.6 is 15.9 Å². The number of aromatic nitrogens is 1. The van der Waals surface area contributed by atoms with E-state index >= 15 is 0 Å². The summed E-state index contributed by atoms with van der Waals surface area (Å²) >= 11 is 3.32. The maximum Gasteiger partial charge on any atom is 0.343 e. The molecule has 6 nitrogen and oxygen atoms in total. The van der Waals surface area contributed by atoms with E-state index in [4.69, 9.17) is 4.74 Å². The summed E-state index contributed by atoms with van der Waals surface area (Å²) in [6.07, 6.45) is 4.57. The summed E-state index contributed by atoms with van der Waals surface area (Å²) in [4.78, 5) is 27.8. The molecule has 0 aliphatic rings. The summed E-state index contributed by atoms with van der Waals surface area (Å²) in [7, 11) is 0. The van der Waals surface area contributed by atoms with Gasteiger partial charge in [-0.1, -0.05) is 22.0 Å². The zero-order chi connectivity index (χ0) is 19.1. The molecule has 0 atom stereocenters. The summed E-state index contributed by atoms with van der Waals surface area (Å²) in [6.45, 7) is 0. The molecule has 134 valence electrons. The van der Waals surface area contributed by atoms with Crippen molar-refractivity contribution in [2.45, 2.75) is 0 Å². The number of carbonyl (C=O) groups excluding carboxylic acids is 2. The second kappa shape index (κ2) is 8.86. The largest absolute Gasteiger partial charge is 0.423 e. The highest BCUT2D eigenvalue weighted by Crippen LogP contribution is 2.16. The lowest BCUT2D eigenvalue weighted by Gasteiger charge is -2.05. The first-order valence-corrected chi connectivity index (χ1v) is 8.72. The van der Waals surface area contributed by atoms with Crippen LogP contribution in [0.4, 0.5) is 0 Å². The normalized spacial score (nSPS) is 10.6. The molecule has 0 saturated carbocycles. The Morgan fingerprint density at radius 1 is 1.00 bits per heavy atom. The Morgan fingerprint density at radius 3 is 2.44 bits per heavy atom. The SMILES string of the molecule is O=C(N/N=C/c1ccc(OC(=O)c2cccc(Br)c2)cc1)c1ccncc1. The lowest BCUT2D eigenvalue weighted by molar-refractivity contribution is 0.0734. The summed E-state index contributed by atoms with van der Waals surface area (Å²) in [5.74, 6) is -0.353. The number of ether oxygens (including phenoxy) is 1. The standard InChI is InChI=1S/C20H14BrN3O3/c21-17-3-1-2-16(12-17)20(26)27-18-6-4-14(5-7-18)13-23-24-19(25)15-8-10-22-11-9-15/h1-13H,(H,24,25)/b23-13+. The fourth-order valence-electron chi connectivity index (χ4n) is 2.14. The fraction of sp³-hybridized carbons (Fsp3) is 0. The summed E-state index contributed by atoms with van der Waals surface area (Å²) in [5.41, 5.74) is 4.10. The molecule has 1 aromatic heterocycles. The summed E-state index contributed by atoms with van der Waals surface area (Å²) in [6, 6.07) is 16.9. The topological polar surface area (TPSA) is 80.6 Å². The van der Waals surface area contributed by atoms with Gasteiger partial charge in [-0.15, -0.1) is 0 Å². The van der Waals surface area contributed by atoms with Gasteiger partial charge in [0, 0.05) is 22.4 Å². The minimum absolute atomic E-state index is 0.326. The van der Waals surface area contributed by atoms with Gasteiger partial charge in [-0.2, -0.15) is 5.10 Å². The Hall–Kier alpha value is -3.32. The predicted octanol–water partition coefficient (Wildman–Crippen LogP) is 3.83. The van der Waals surface area contributed by atoms with Crippen LogP contribution in [0.5, 0.6) is 5.75 Å². The van der Waals surface area contributed by atoms with E-state index in [1.165, 1.54) is 18.6 Å².